The van der Waals surface area contributed by atoms with Gasteiger partial charge in [0.15, 0.2) is 0 Å². The number of likely N-dealkylation sites (N-methyl/N-ethyl adjacent to an activating group) is 1. The first-order valence-electron chi connectivity index (χ1n) is 9.60. The van der Waals surface area contributed by atoms with Crippen molar-refractivity contribution in [2.75, 3.05) is 43.9 Å². The Morgan fingerprint density at radius 1 is 0.621 bits per heavy atom. The van der Waals surface area contributed by atoms with E-state index in [1.54, 1.807) is 0 Å². The number of hydrogen-bond donors (Lipinski definition) is 2. The zero-order chi connectivity index (χ0) is 19.3. The minimum absolute atomic E-state index is 0. The first kappa shape index (κ1) is 30.4. The average molecular weight is 611 g/mol. The van der Waals surface area contributed by atoms with E-state index < -0.39 is 0 Å². The van der Waals surface area contributed by atoms with Gasteiger partial charge in [-0.15, -0.1) is 0 Å². The fourth-order valence-corrected chi connectivity index (χ4v) is 3.77. The molecule has 2 aromatic rings. The number of aryl methyl sites for hydroxylation is 6. The van der Waals surface area contributed by atoms with Gasteiger partial charge in [0, 0.05) is 37.6 Å². The van der Waals surface area contributed by atoms with Crippen LogP contribution in [-0.2, 0) is 20.4 Å². The van der Waals surface area contributed by atoms with E-state index in [-0.39, 0.29) is 45.2 Å². The van der Waals surface area contributed by atoms with Crippen molar-refractivity contribution < 1.29 is 45.2 Å². The second-order valence-electron chi connectivity index (χ2n) is 7.70. The number of rotatable bonds is 8. The molecule has 1 radical (unpaired) electrons. The Morgan fingerprint density at radius 2 is 0.897 bits per heavy atom. The van der Waals surface area contributed by atoms with Crippen LogP contribution in [0.25, 0.3) is 0 Å². The molecule has 0 spiro atoms. The van der Waals surface area contributed by atoms with Gasteiger partial charge in [0.2, 0.25) is 0 Å². The summed E-state index contributed by atoms with van der Waals surface area (Å²) in [7, 11) is 2.19. The molecule has 2 aromatic carbocycles. The Morgan fingerprint density at radius 3 is 1.17 bits per heavy atom. The molecule has 0 amide bonds. The van der Waals surface area contributed by atoms with Gasteiger partial charge < -0.3 is 40.3 Å². The Kier molecular flexibility index (Phi) is 15.0. The van der Waals surface area contributed by atoms with Gasteiger partial charge in [0.05, 0.1) is 0 Å². The van der Waals surface area contributed by atoms with Gasteiger partial charge in [-0.05, 0) is 70.8 Å². The van der Waals surface area contributed by atoms with Crippen LogP contribution >= 0.6 is 0 Å². The number of halogens is 2. The van der Waals surface area contributed by atoms with Crippen molar-refractivity contribution in [1.29, 1.82) is 0 Å². The van der Waals surface area contributed by atoms with Crippen LogP contribution in [0.15, 0.2) is 24.3 Å². The zero-order valence-electron chi connectivity index (χ0n) is 18.7. The van der Waals surface area contributed by atoms with Gasteiger partial charge in [-0.2, -0.15) is 0 Å². The van der Waals surface area contributed by atoms with E-state index in [2.05, 4.69) is 88.4 Å². The van der Waals surface area contributed by atoms with E-state index >= 15 is 0 Å². The fourth-order valence-electron chi connectivity index (χ4n) is 3.77. The third kappa shape index (κ3) is 9.28. The van der Waals surface area contributed by atoms with Crippen LogP contribution in [0, 0.1) is 41.5 Å². The van der Waals surface area contributed by atoms with Crippen LogP contribution < -0.4 is 35.4 Å². The molecule has 0 aromatic heterocycles. The molecule has 0 saturated heterocycles. The second-order valence-corrected chi connectivity index (χ2v) is 7.70. The summed E-state index contributed by atoms with van der Waals surface area (Å²) in [5, 5.41) is 7.22. The van der Waals surface area contributed by atoms with E-state index in [9.17, 15) is 0 Å². The van der Waals surface area contributed by atoms with Crippen molar-refractivity contribution >= 4 is 11.4 Å². The summed E-state index contributed by atoms with van der Waals surface area (Å²) in [6.45, 7) is 17.0. The van der Waals surface area contributed by atoms with Crippen LogP contribution in [0.2, 0.25) is 0 Å². The molecule has 2 rings (SSSR count). The second kappa shape index (κ2) is 14.3. The maximum Gasteiger partial charge on any atom is 2.00 e. The first-order chi connectivity index (χ1) is 12.3. The minimum Gasteiger partial charge on any atom is -1.00 e. The van der Waals surface area contributed by atoms with E-state index in [1.807, 2.05) is 0 Å². The molecule has 0 aliphatic rings. The number of hydrogen-bond acceptors (Lipinski definition) is 3. The van der Waals surface area contributed by atoms with E-state index in [0.29, 0.717) is 0 Å². The number of benzene rings is 2. The Balaban J connectivity index is 0. The molecule has 6 heteroatoms. The zero-order valence-corrected chi connectivity index (χ0v) is 22.9. The summed E-state index contributed by atoms with van der Waals surface area (Å²) >= 11 is 0. The minimum atomic E-state index is 0. The van der Waals surface area contributed by atoms with Crippen molar-refractivity contribution in [3.05, 3.63) is 57.6 Å². The molecule has 0 heterocycles. The van der Waals surface area contributed by atoms with E-state index in [4.69, 9.17) is 0 Å². The monoisotopic (exact) mass is 610 g/mol. The quantitative estimate of drug-likeness (QED) is 0.402. The predicted octanol–water partition coefficient (Wildman–Crippen LogP) is -1.00. The Bertz CT molecular complexity index is 656. The summed E-state index contributed by atoms with van der Waals surface area (Å²) in [4.78, 5) is 2.37. The van der Waals surface area contributed by atoms with Crippen LogP contribution in [0.5, 0.6) is 0 Å². The van der Waals surface area contributed by atoms with Gasteiger partial charge >= 0.3 is 20.4 Å². The molecule has 0 aliphatic heterocycles. The molecule has 0 fully saturated rings. The summed E-state index contributed by atoms with van der Waals surface area (Å²) < 4.78 is 0. The van der Waals surface area contributed by atoms with Gasteiger partial charge in [0.25, 0.3) is 0 Å². The third-order valence-electron chi connectivity index (χ3n) is 4.94. The van der Waals surface area contributed by atoms with Gasteiger partial charge in [-0.1, -0.05) is 35.4 Å². The smallest absolute Gasteiger partial charge is 1.00 e. The molecule has 0 bridgehead atoms. The van der Waals surface area contributed by atoms with Crippen LogP contribution in [0.4, 0.5) is 11.4 Å². The molecule has 2 N–H and O–H groups in total. The number of nitrogens with one attached hydrogen (secondary N) is 2. The summed E-state index contributed by atoms with van der Waals surface area (Å²) in [5.41, 5.74) is 10.6. The maximum absolute atomic E-state index is 3.61. The molecular weight excluding hydrogens is 575 g/mol. The van der Waals surface area contributed by atoms with Crippen molar-refractivity contribution in [3.8, 4) is 0 Å². The van der Waals surface area contributed by atoms with Crippen molar-refractivity contribution in [3.63, 3.8) is 0 Å². The number of nitrogens with zero attached hydrogens (tertiary/aromatic N) is 1. The molecular formula is C23H35Cl2N3Re. The summed E-state index contributed by atoms with van der Waals surface area (Å²) in [6.07, 6.45) is 0. The van der Waals surface area contributed by atoms with Crippen LogP contribution in [-0.4, -0.2) is 38.1 Å². The topological polar surface area (TPSA) is 27.3 Å². The molecule has 0 atom stereocenters. The van der Waals surface area contributed by atoms with Crippen molar-refractivity contribution in [2.24, 2.45) is 0 Å². The molecule has 163 valence electrons. The van der Waals surface area contributed by atoms with E-state index in [1.165, 1.54) is 44.8 Å². The molecule has 3 nitrogen and oxygen atoms in total. The molecule has 29 heavy (non-hydrogen) atoms. The van der Waals surface area contributed by atoms with Crippen molar-refractivity contribution in [1.82, 2.24) is 4.90 Å². The van der Waals surface area contributed by atoms with Gasteiger partial charge in [-0.25, -0.2) is 0 Å². The fraction of sp³-hybridized carbons (Fsp3) is 0.478. The predicted molar refractivity (Wildman–Crippen MR) is 116 cm³/mol. The normalized spacial score (nSPS) is 9.93. The molecule has 0 aliphatic carbocycles. The standard InChI is InChI=1S/C23H35N3.2ClH.Re/c1-16-12-18(3)22(19(4)13-16)24-8-10-26(7)11-9-25-23-20(5)14-17(2)15-21(23)6;;;/h12-15,24-25H,8-11H2,1-7H3;2*1H;/q;;;+2/p-2. The number of anilines is 2. The van der Waals surface area contributed by atoms with Gasteiger partial charge in [0.1, 0.15) is 0 Å². The van der Waals surface area contributed by atoms with E-state index in [0.717, 1.165) is 26.2 Å². The van der Waals surface area contributed by atoms with Crippen molar-refractivity contribution in [2.45, 2.75) is 41.5 Å². The summed E-state index contributed by atoms with van der Waals surface area (Å²) in [6, 6.07) is 8.98. The third-order valence-corrected chi connectivity index (χ3v) is 4.94. The maximum atomic E-state index is 3.61. The first-order valence-corrected chi connectivity index (χ1v) is 9.60. The Hall–Kier alpha value is -0.758. The largest absolute Gasteiger partial charge is 2.00 e. The molecule has 0 unspecified atom stereocenters. The van der Waals surface area contributed by atoms with Gasteiger partial charge in [-0.3, -0.25) is 0 Å². The van der Waals surface area contributed by atoms with Crippen LogP contribution in [0.3, 0.4) is 0 Å². The van der Waals surface area contributed by atoms with Crippen LogP contribution in [0.1, 0.15) is 33.4 Å². The SMILES string of the molecule is Cc1cc(C)c(NCCN(C)CCNc2c(C)cc(C)cc2C)c(C)c1.[Cl-].[Cl-].[Re+2]. The Labute approximate surface area is 203 Å². The molecule has 0 saturated carbocycles. The average Bonchev–Trinajstić information content (AvgIpc) is 2.52. The summed E-state index contributed by atoms with van der Waals surface area (Å²) in [5.74, 6) is 0.